The predicted octanol–water partition coefficient (Wildman–Crippen LogP) is 1.52. The predicted molar refractivity (Wildman–Crippen MR) is 74.6 cm³/mol. The van der Waals surface area contributed by atoms with Crippen LogP contribution in [0.5, 0.6) is 0 Å². The smallest absolute Gasteiger partial charge is 0.248 e. The third-order valence-electron chi connectivity index (χ3n) is 3.11. The van der Waals surface area contributed by atoms with Crippen molar-refractivity contribution in [3.63, 3.8) is 0 Å². The maximum absolute atomic E-state index is 11.4. The number of aliphatic hydroxyl groups excluding tert-OH is 1. The number of nitrogens with one attached hydrogen (secondary N) is 1. The zero-order valence-electron chi connectivity index (χ0n) is 10.3. The number of carbonyl (C=O) groups excluding carboxylic acids is 1. The van der Waals surface area contributed by atoms with Crippen molar-refractivity contribution in [3.05, 3.63) is 28.7 Å². The molecule has 0 spiro atoms. The summed E-state index contributed by atoms with van der Waals surface area (Å²) in [6.07, 6.45) is -0.0270. The molecule has 1 aliphatic heterocycles. The van der Waals surface area contributed by atoms with E-state index < -0.39 is 6.10 Å². The van der Waals surface area contributed by atoms with Crippen LogP contribution in [-0.4, -0.2) is 36.2 Å². The summed E-state index contributed by atoms with van der Waals surface area (Å²) in [6, 6.07) is 8.26. The van der Waals surface area contributed by atoms with E-state index in [9.17, 15) is 4.79 Å². The fourth-order valence-corrected chi connectivity index (χ4v) is 2.35. The van der Waals surface area contributed by atoms with Crippen LogP contribution in [0.2, 0.25) is 0 Å². The number of aliphatic hydroxyl groups is 1. The number of halogens is 1. The Balaban J connectivity index is 1.92. The number of anilines is 1. The molecule has 2 N–H and O–H groups in total. The van der Waals surface area contributed by atoms with E-state index in [2.05, 4.69) is 38.3 Å². The maximum atomic E-state index is 11.4. The third-order valence-corrected chi connectivity index (χ3v) is 3.63. The van der Waals surface area contributed by atoms with Crippen LogP contribution < -0.4 is 10.2 Å². The van der Waals surface area contributed by atoms with E-state index in [1.807, 2.05) is 12.1 Å². The molecule has 18 heavy (non-hydrogen) atoms. The number of rotatable bonds is 3. The Morgan fingerprint density at radius 1 is 1.50 bits per heavy atom. The van der Waals surface area contributed by atoms with Crippen molar-refractivity contribution >= 4 is 27.5 Å². The fraction of sp³-hybridized carbons (Fsp3) is 0.462. The molecule has 0 bridgehead atoms. The summed E-state index contributed by atoms with van der Waals surface area (Å²) in [6.45, 7) is 3.20. The van der Waals surface area contributed by atoms with E-state index in [1.54, 1.807) is 0 Å². The van der Waals surface area contributed by atoms with Crippen molar-refractivity contribution in [2.24, 2.45) is 0 Å². The van der Waals surface area contributed by atoms with Crippen LogP contribution in [0.3, 0.4) is 0 Å². The van der Waals surface area contributed by atoms with Crippen LogP contribution in [-0.2, 0) is 4.79 Å². The van der Waals surface area contributed by atoms with Gasteiger partial charge in [0.1, 0.15) is 6.10 Å². The SMILES string of the molecule is C[C@@H](O)C(=O)N[C@H]1CCN(c2ccc(Br)cc2)C1. The minimum Gasteiger partial charge on any atom is -0.384 e. The standard InChI is InChI=1S/C13H17BrN2O2/c1-9(17)13(18)15-11-6-7-16(8-11)12-4-2-10(14)3-5-12/h2-5,9,11,17H,6-8H2,1H3,(H,15,18)/t9-,11+/m1/s1. The molecule has 0 saturated carbocycles. The highest BCUT2D eigenvalue weighted by atomic mass is 79.9. The van der Waals surface area contributed by atoms with Gasteiger partial charge in [0.2, 0.25) is 5.91 Å². The molecule has 98 valence electrons. The molecule has 1 heterocycles. The average molecular weight is 313 g/mol. The molecule has 5 heteroatoms. The summed E-state index contributed by atoms with van der Waals surface area (Å²) in [5, 5.41) is 12.0. The average Bonchev–Trinajstić information content (AvgIpc) is 2.78. The Morgan fingerprint density at radius 2 is 2.17 bits per heavy atom. The molecular formula is C13H17BrN2O2. The first-order valence-corrected chi connectivity index (χ1v) is 6.84. The lowest BCUT2D eigenvalue weighted by Crippen LogP contribution is -2.41. The summed E-state index contributed by atoms with van der Waals surface area (Å²) >= 11 is 3.41. The lowest BCUT2D eigenvalue weighted by atomic mass is 10.2. The molecule has 1 aliphatic rings. The molecule has 2 rings (SSSR count). The summed E-state index contributed by atoms with van der Waals surface area (Å²) in [5.41, 5.74) is 1.16. The van der Waals surface area contributed by atoms with Gasteiger partial charge in [-0.1, -0.05) is 15.9 Å². The van der Waals surface area contributed by atoms with E-state index in [1.165, 1.54) is 6.92 Å². The number of hydrogen-bond donors (Lipinski definition) is 2. The maximum Gasteiger partial charge on any atom is 0.248 e. The summed E-state index contributed by atoms with van der Waals surface area (Å²) in [5.74, 6) is -0.294. The zero-order chi connectivity index (χ0) is 13.1. The van der Waals surface area contributed by atoms with Gasteiger partial charge in [0, 0.05) is 29.3 Å². The second-order valence-electron chi connectivity index (χ2n) is 4.59. The van der Waals surface area contributed by atoms with E-state index >= 15 is 0 Å². The number of nitrogens with zero attached hydrogens (tertiary/aromatic N) is 1. The minimum absolute atomic E-state index is 0.121. The number of carbonyl (C=O) groups is 1. The van der Waals surface area contributed by atoms with Gasteiger partial charge in [0.15, 0.2) is 0 Å². The van der Waals surface area contributed by atoms with Crippen molar-refractivity contribution in [2.75, 3.05) is 18.0 Å². The topological polar surface area (TPSA) is 52.6 Å². The molecule has 0 aliphatic carbocycles. The van der Waals surface area contributed by atoms with Gasteiger partial charge in [-0.05, 0) is 37.6 Å². The zero-order valence-corrected chi connectivity index (χ0v) is 11.9. The van der Waals surface area contributed by atoms with E-state index in [4.69, 9.17) is 5.11 Å². The van der Waals surface area contributed by atoms with Gasteiger partial charge in [0.05, 0.1) is 0 Å². The molecule has 4 nitrogen and oxygen atoms in total. The molecule has 1 aromatic rings. The summed E-state index contributed by atoms with van der Waals surface area (Å²) in [7, 11) is 0. The van der Waals surface area contributed by atoms with Gasteiger partial charge in [-0.3, -0.25) is 4.79 Å². The highest BCUT2D eigenvalue weighted by Gasteiger charge is 2.25. The molecule has 2 atom stereocenters. The quantitative estimate of drug-likeness (QED) is 0.890. The first kappa shape index (κ1) is 13.4. The minimum atomic E-state index is -0.938. The number of hydrogen-bond acceptors (Lipinski definition) is 3. The number of benzene rings is 1. The highest BCUT2D eigenvalue weighted by molar-refractivity contribution is 9.10. The van der Waals surface area contributed by atoms with E-state index in [-0.39, 0.29) is 11.9 Å². The van der Waals surface area contributed by atoms with Crippen LogP contribution in [0.4, 0.5) is 5.69 Å². The molecule has 1 saturated heterocycles. The van der Waals surface area contributed by atoms with Gasteiger partial charge in [-0.25, -0.2) is 0 Å². The molecular weight excluding hydrogens is 296 g/mol. The molecule has 1 amide bonds. The first-order valence-electron chi connectivity index (χ1n) is 6.05. The van der Waals surface area contributed by atoms with Crippen molar-refractivity contribution in [2.45, 2.75) is 25.5 Å². The van der Waals surface area contributed by atoms with Gasteiger partial charge in [0.25, 0.3) is 0 Å². The second-order valence-corrected chi connectivity index (χ2v) is 5.51. The largest absolute Gasteiger partial charge is 0.384 e. The van der Waals surface area contributed by atoms with E-state index in [0.717, 1.165) is 29.7 Å². The van der Waals surface area contributed by atoms with Crippen molar-refractivity contribution < 1.29 is 9.90 Å². The van der Waals surface area contributed by atoms with Crippen LogP contribution >= 0.6 is 15.9 Å². The van der Waals surface area contributed by atoms with Gasteiger partial charge in [-0.2, -0.15) is 0 Å². The second kappa shape index (κ2) is 5.71. The Labute approximate surface area is 115 Å². The molecule has 0 aromatic heterocycles. The van der Waals surface area contributed by atoms with Gasteiger partial charge >= 0.3 is 0 Å². The summed E-state index contributed by atoms with van der Waals surface area (Å²) in [4.78, 5) is 13.6. The van der Waals surface area contributed by atoms with Crippen LogP contribution in [0.15, 0.2) is 28.7 Å². The monoisotopic (exact) mass is 312 g/mol. The van der Waals surface area contributed by atoms with Gasteiger partial charge < -0.3 is 15.3 Å². The van der Waals surface area contributed by atoms with Crippen molar-refractivity contribution in [3.8, 4) is 0 Å². The normalized spacial score (nSPS) is 20.8. The molecule has 0 radical (unpaired) electrons. The Morgan fingerprint density at radius 3 is 2.78 bits per heavy atom. The molecule has 1 fully saturated rings. The van der Waals surface area contributed by atoms with Crippen LogP contribution in [0.25, 0.3) is 0 Å². The third kappa shape index (κ3) is 3.23. The van der Waals surface area contributed by atoms with E-state index in [0.29, 0.717) is 0 Å². The first-order chi connectivity index (χ1) is 8.56. The number of amides is 1. The molecule has 1 aromatic carbocycles. The Hall–Kier alpha value is -1.07. The van der Waals surface area contributed by atoms with Gasteiger partial charge in [-0.15, -0.1) is 0 Å². The lowest BCUT2D eigenvalue weighted by molar-refractivity contribution is -0.129. The summed E-state index contributed by atoms with van der Waals surface area (Å²) < 4.78 is 1.06. The highest BCUT2D eigenvalue weighted by Crippen LogP contribution is 2.22. The van der Waals surface area contributed by atoms with Crippen LogP contribution in [0.1, 0.15) is 13.3 Å². The fourth-order valence-electron chi connectivity index (χ4n) is 2.09. The lowest BCUT2D eigenvalue weighted by Gasteiger charge is -2.19. The van der Waals surface area contributed by atoms with Crippen molar-refractivity contribution in [1.82, 2.24) is 5.32 Å². The Bertz CT molecular complexity index is 420. The van der Waals surface area contributed by atoms with Crippen LogP contribution in [0, 0.1) is 0 Å². The van der Waals surface area contributed by atoms with Crippen molar-refractivity contribution in [1.29, 1.82) is 0 Å². The molecule has 0 unspecified atom stereocenters. The Kier molecular flexibility index (Phi) is 4.24.